The Morgan fingerprint density at radius 1 is 1.20 bits per heavy atom. The second-order valence-electron chi connectivity index (χ2n) is 10.6. The normalized spacial score (nSPS) is 20.9. The van der Waals surface area contributed by atoms with E-state index >= 15 is 0 Å². The summed E-state index contributed by atoms with van der Waals surface area (Å²) in [6, 6.07) is 1.32. The summed E-state index contributed by atoms with van der Waals surface area (Å²) in [4.78, 5) is 37.7. The van der Waals surface area contributed by atoms with Gasteiger partial charge in [-0.25, -0.2) is 4.79 Å². The minimum atomic E-state index is -2.02. The molecule has 0 unspecified atom stereocenters. The summed E-state index contributed by atoms with van der Waals surface area (Å²) in [6.07, 6.45) is -0.0614. The molecule has 0 radical (unpaired) electrons. The molecule has 1 aliphatic rings. The van der Waals surface area contributed by atoms with Crippen LogP contribution in [-0.4, -0.2) is 43.7 Å². The van der Waals surface area contributed by atoms with Crippen LogP contribution in [0.4, 0.5) is 0 Å². The first-order valence-electron chi connectivity index (χ1n) is 10.3. The predicted octanol–water partition coefficient (Wildman–Crippen LogP) is 4.80. The summed E-state index contributed by atoms with van der Waals surface area (Å²) in [7, 11) is -2.02. The summed E-state index contributed by atoms with van der Waals surface area (Å²) in [5.74, 6) is -0.943. The second kappa shape index (κ2) is 8.55. The van der Waals surface area contributed by atoms with Crippen LogP contribution < -0.4 is 5.32 Å². The lowest BCUT2D eigenvalue weighted by molar-refractivity contribution is -0.139. The van der Waals surface area contributed by atoms with E-state index in [1.54, 1.807) is 32.2 Å². The maximum atomic E-state index is 12.8. The van der Waals surface area contributed by atoms with Crippen LogP contribution in [-0.2, 0) is 14.0 Å². The standard InChI is InChI=1S/C22H35NO5SSi/c1-13(28-30(8,9)22(5,6)7)18-15(23-19(18)25)11-16(24)17-10-14(12-29-17)20(26)27-21(2,3)4/h10,12-13,15,18H,11H2,1-9H3,(H,23,25)/t13-,15-,18-/m1/s1. The van der Waals surface area contributed by atoms with Crippen LogP contribution in [0.15, 0.2) is 11.4 Å². The number of rotatable bonds is 7. The Balaban J connectivity index is 2.02. The van der Waals surface area contributed by atoms with Gasteiger partial charge in [-0.1, -0.05) is 20.8 Å². The minimum absolute atomic E-state index is 0.0435. The van der Waals surface area contributed by atoms with E-state index in [1.807, 2.05) is 6.92 Å². The van der Waals surface area contributed by atoms with Gasteiger partial charge in [0.05, 0.1) is 28.5 Å². The quantitative estimate of drug-likeness (QED) is 0.277. The van der Waals surface area contributed by atoms with Crippen molar-refractivity contribution < 1.29 is 23.5 Å². The molecule has 2 rings (SSSR count). The van der Waals surface area contributed by atoms with Gasteiger partial charge in [-0.05, 0) is 51.9 Å². The van der Waals surface area contributed by atoms with Crippen LogP contribution in [0, 0.1) is 5.92 Å². The molecular weight excluding hydrogens is 418 g/mol. The first kappa shape index (κ1) is 24.8. The molecule has 6 nitrogen and oxygen atoms in total. The number of hydrogen-bond donors (Lipinski definition) is 1. The SMILES string of the molecule is C[C@@H](O[Si](C)(C)C(C)(C)C)[C@H]1C(=O)N[C@@H]1CC(=O)c1cc(C(=O)OC(C)(C)C)cs1. The van der Waals surface area contributed by atoms with Crippen molar-refractivity contribution in [1.82, 2.24) is 5.32 Å². The van der Waals surface area contributed by atoms with Gasteiger partial charge in [0.2, 0.25) is 5.91 Å². The third-order valence-corrected chi connectivity index (χ3v) is 11.3. The Hall–Kier alpha value is -1.51. The zero-order valence-electron chi connectivity index (χ0n) is 19.5. The fraction of sp³-hybridized carbons (Fsp3) is 0.682. The lowest BCUT2D eigenvalue weighted by Crippen LogP contribution is -2.64. The molecule has 0 saturated carbocycles. The third kappa shape index (κ3) is 5.80. The van der Waals surface area contributed by atoms with Crippen molar-refractivity contribution in [2.75, 3.05) is 0 Å². The molecule has 0 bridgehead atoms. The van der Waals surface area contributed by atoms with E-state index in [9.17, 15) is 14.4 Å². The van der Waals surface area contributed by atoms with Crippen molar-refractivity contribution in [3.05, 3.63) is 21.9 Å². The van der Waals surface area contributed by atoms with Crippen molar-refractivity contribution in [3.8, 4) is 0 Å². The van der Waals surface area contributed by atoms with Crippen LogP contribution in [0.2, 0.25) is 18.1 Å². The summed E-state index contributed by atoms with van der Waals surface area (Å²) in [5.41, 5.74) is -0.213. The number of carbonyl (C=O) groups excluding carboxylic acids is 3. The molecule has 1 amide bonds. The lowest BCUT2D eigenvalue weighted by Gasteiger charge is -2.45. The van der Waals surface area contributed by atoms with E-state index in [-0.39, 0.29) is 41.2 Å². The molecule has 1 aliphatic heterocycles. The van der Waals surface area contributed by atoms with Crippen LogP contribution in [0.1, 0.15) is 74.9 Å². The highest BCUT2D eigenvalue weighted by Gasteiger charge is 2.48. The van der Waals surface area contributed by atoms with Gasteiger partial charge in [-0.2, -0.15) is 0 Å². The molecule has 0 aliphatic carbocycles. The smallest absolute Gasteiger partial charge is 0.339 e. The summed E-state index contributed by atoms with van der Waals surface area (Å²) >= 11 is 1.22. The second-order valence-corrected chi connectivity index (χ2v) is 16.2. The number of nitrogens with one attached hydrogen (secondary N) is 1. The first-order chi connectivity index (χ1) is 13.5. The Morgan fingerprint density at radius 3 is 2.30 bits per heavy atom. The van der Waals surface area contributed by atoms with Gasteiger partial charge in [-0.15, -0.1) is 11.3 Å². The molecule has 168 valence electrons. The first-order valence-corrected chi connectivity index (χ1v) is 14.1. The van der Waals surface area contributed by atoms with Gasteiger partial charge in [-0.3, -0.25) is 9.59 Å². The van der Waals surface area contributed by atoms with E-state index in [1.165, 1.54) is 11.3 Å². The molecule has 1 aromatic heterocycles. The fourth-order valence-corrected chi connectivity index (χ4v) is 5.37. The number of Topliss-reactive ketones (excluding diaryl/α,β-unsaturated/α-hetero) is 1. The van der Waals surface area contributed by atoms with Crippen molar-refractivity contribution in [3.63, 3.8) is 0 Å². The van der Waals surface area contributed by atoms with Crippen molar-refractivity contribution in [2.24, 2.45) is 5.92 Å². The summed E-state index contributed by atoms with van der Waals surface area (Å²) in [6.45, 7) is 18.1. The van der Waals surface area contributed by atoms with Crippen LogP contribution >= 0.6 is 11.3 Å². The average molecular weight is 454 g/mol. The van der Waals surface area contributed by atoms with Crippen molar-refractivity contribution >= 4 is 37.3 Å². The molecular formula is C22H35NO5SSi. The number of ketones is 1. The lowest BCUT2D eigenvalue weighted by atomic mass is 9.83. The Bertz CT molecular complexity index is 818. The molecule has 30 heavy (non-hydrogen) atoms. The number of amides is 1. The molecule has 3 atom stereocenters. The highest BCUT2D eigenvalue weighted by Crippen LogP contribution is 2.39. The minimum Gasteiger partial charge on any atom is -0.456 e. The maximum absolute atomic E-state index is 12.8. The van der Waals surface area contributed by atoms with Crippen molar-refractivity contribution in [2.45, 2.75) is 90.8 Å². The average Bonchev–Trinajstić information content (AvgIpc) is 3.00. The topological polar surface area (TPSA) is 81.7 Å². The van der Waals surface area contributed by atoms with Gasteiger partial charge in [0.15, 0.2) is 14.1 Å². The molecule has 2 heterocycles. The van der Waals surface area contributed by atoms with Gasteiger partial charge in [0, 0.05) is 11.8 Å². The van der Waals surface area contributed by atoms with E-state index in [0.29, 0.717) is 10.4 Å². The number of esters is 1. The molecule has 1 aromatic rings. The molecule has 1 fully saturated rings. The van der Waals surface area contributed by atoms with Crippen molar-refractivity contribution in [1.29, 1.82) is 0 Å². The number of ether oxygens (including phenoxy) is 1. The Labute approximate surface area is 184 Å². The largest absolute Gasteiger partial charge is 0.456 e. The fourth-order valence-electron chi connectivity index (χ4n) is 3.12. The zero-order chi connectivity index (χ0) is 23.1. The van der Waals surface area contributed by atoms with Gasteiger partial charge >= 0.3 is 5.97 Å². The Morgan fingerprint density at radius 2 is 1.80 bits per heavy atom. The summed E-state index contributed by atoms with van der Waals surface area (Å²) < 4.78 is 11.7. The molecule has 8 heteroatoms. The maximum Gasteiger partial charge on any atom is 0.339 e. The van der Waals surface area contributed by atoms with E-state index in [0.717, 1.165) is 0 Å². The van der Waals surface area contributed by atoms with Gasteiger partial charge in [0.25, 0.3) is 0 Å². The monoisotopic (exact) mass is 453 g/mol. The number of carbonyl (C=O) groups is 3. The van der Waals surface area contributed by atoms with Crippen LogP contribution in [0.5, 0.6) is 0 Å². The van der Waals surface area contributed by atoms with Gasteiger partial charge in [0.1, 0.15) is 5.60 Å². The third-order valence-electron chi connectivity index (χ3n) is 5.77. The van der Waals surface area contributed by atoms with E-state index in [4.69, 9.17) is 9.16 Å². The van der Waals surface area contributed by atoms with E-state index < -0.39 is 19.9 Å². The zero-order valence-corrected chi connectivity index (χ0v) is 21.4. The summed E-state index contributed by atoms with van der Waals surface area (Å²) in [5, 5.41) is 4.53. The predicted molar refractivity (Wildman–Crippen MR) is 122 cm³/mol. The molecule has 1 N–H and O–H groups in total. The number of β-lactam (4-membered cyclic amide) rings is 1. The van der Waals surface area contributed by atoms with Crippen LogP contribution in [0.25, 0.3) is 0 Å². The highest BCUT2D eigenvalue weighted by atomic mass is 32.1. The van der Waals surface area contributed by atoms with Crippen LogP contribution in [0.3, 0.4) is 0 Å². The highest BCUT2D eigenvalue weighted by molar-refractivity contribution is 7.12. The molecule has 0 spiro atoms. The number of hydrogen-bond acceptors (Lipinski definition) is 6. The van der Waals surface area contributed by atoms with E-state index in [2.05, 4.69) is 39.2 Å². The molecule has 1 saturated heterocycles. The Kier molecular flexibility index (Phi) is 7.06. The molecule has 0 aromatic carbocycles. The number of thiophene rings is 1. The van der Waals surface area contributed by atoms with Gasteiger partial charge < -0.3 is 14.5 Å².